The predicted molar refractivity (Wildman–Crippen MR) is 62.1 cm³/mol. The highest BCUT2D eigenvalue weighted by molar-refractivity contribution is 5.92. The first kappa shape index (κ1) is 14.2. The van der Waals surface area contributed by atoms with Gasteiger partial charge in [-0.2, -0.15) is 0 Å². The number of hydrogen-bond acceptors (Lipinski definition) is 2. The first-order valence-electron chi connectivity index (χ1n) is 5.14. The van der Waals surface area contributed by atoms with Crippen molar-refractivity contribution in [2.45, 2.75) is 26.2 Å². The lowest BCUT2D eigenvalue weighted by Crippen LogP contribution is -2.09. The monoisotopic (exact) mass is 223 g/mol. The Morgan fingerprint density at radius 1 is 1.25 bits per heavy atom. The third kappa shape index (κ3) is 7.55. The molecule has 1 amide bonds. The number of unbranched alkanes of at least 4 members (excludes halogenated alkanes) is 1. The molecule has 0 unspecified atom stereocenters. The Morgan fingerprint density at radius 3 is 2.06 bits per heavy atom. The number of nitrogens with two attached hydrogens (primary N) is 1. The summed E-state index contributed by atoms with van der Waals surface area (Å²) in [6.45, 7) is 1.98. The van der Waals surface area contributed by atoms with Crippen LogP contribution in [-0.2, 0) is 4.79 Å². The zero-order chi connectivity index (χ0) is 12.4. The summed E-state index contributed by atoms with van der Waals surface area (Å²) in [5, 5.41) is 8.04. The van der Waals surface area contributed by atoms with Gasteiger partial charge in [0.1, 0.15) is 0 Å². The van der Waals surface area contributed by atoms with E-state index in [0.717, 1.165) is 12.8 Å². The van der Waals surface area contributed by atoms with Crippen LogP contribution >= 0.6 is 0 Å². The largest absolute Gasteiger partial charge is 0.481 e. The molecule has 1 aromatic rings. The zero-order valence-corrected chi connectivity index (χ0v) is 9.35. The number of carbonyl (C=O) groups is 2. The minimum absolute atomic E-state index is 0.316. The fraction of sp³-hybridized carbons (Fsp3) is 0.333. The van der Waals surface area contributed by atoms with Crippen molar-refractivity contribution in [2.75, 3.05) is 0 Å². The zero-order valence-electron chi connectivity index (χ0n) is 9.35. The van der Waals surface area contributed by atoms with E-state index in [4.69, 9.17) is 10.8 Å². The van der Waals surface area contributed by atoms with Crippen LogP contribution in [-0.4, -0.2) is 17.0 Å². The molecule has 0 aliphatic heterocycles. The molecule has 1 rings (SSSR count). The Morgan fingerprint density at radius 2 is 1.81 bits per heavy atom. The summed E-state index contributed by atoms with van der Waals surface area (Å²) < 4.78 is 0. The summed E-state index contributed by atoms with van der Waals surface area (Å²) in [5.74, 6) is -1.07. The van der Waals surface area contributed by atoms with Crippen molar-refractivity contribution in [3.8, 4) is 0 Å². The molecule has 3 N–H and O–H groups in total. The number of rotatable bonds is 4. The van der Waals surface area contributed by atoms with Gasteiger partial charge in [0.25, 0.3) is 0 Å². The summed E-state index contributed by atoms with van der Waals surface area (Å²) >= 11 is 0. The normalized spacial score (nSPS) is 8.81. The van der Waals surface area contributed by atoms with Crippen molar-refractivity contribution < 1.29 is 14.7 Å². The Kier molecular flexibility index (Phi) is 7.49. The molecule has 4 nitrogen and oxygen atoms in total. The molecule has 0 atom stereocenters. The lowest BCUT2D eigenvalue weighted by Gasteiger charge is -1.89. The van der Waals surface area contributed by atoms with Gasteiger partial charge >= 0.3 is 5.97 Å². The van der Waals surface area contributed by atoms with Gasteiger partial charge in [-0.25, -0.2) is 0 Å². The third-order valence-electron chi connectivity index (χ3n) is 1.80. The first-order valence-corrected chi connectivity index (χ1v) is 5.14. The number of hydrogen-bond donors (Lipinski definition) is 2. The molecular weight excluding hydrogens is 206 g/mol. The first-order chi connectivity index (χ1) is 7.57. The van der Waals surface area contributed by atoms with Crippen molar-refractivity contribution in [1.82, 2.24) is 0 Å². The molecule has 88 valence electrons. The SMILES string of the molecule is CCCCC(=O)O.NC(=O)c1ccccc1. The second kappa shape index (κ2) is 8.47. The molecule has 0 aromatic heterocycles. The van der Waals surface area contributed by atoms with E-state index in [-0.39, 0.29) is 5.91 Å². The summed E-state index contributed by atoms with van der Waals surface area (Å²) in [7, 11) is 0. The molecule has 0 heterocycles. The lowest BCUT2D eigenvalue weighted by atomic mass is 10.2. The van der Waals surface area contributed by atoms with Crippen LogP contribution < -0.4 is 5.73 Å². The van der Waals surface area contributed by atoms with Crippen molar-refractivity contribution in [1.29, 1.82) is 0 Å². The van der Waals surface area contributed by atoms with Crippen molar-refractivity contribution in [2.24, 2.45) is 5.73 Å². The fourth-order valence-corrected chi connectivity index (χ4v) is 0.930. The molecule has 4 heteroatoms. The predicted octanol–water partition coefficient (Wildman–Crippen LogP) is 2.05. The molecular formula is C12H17NO3. The van der Waals surface area contributed by atoms with Gasteiger partial charge in [-0.1, -0.05) is 31.5 Å². The summed E-state index contributed by atoms with van der Waals surface area (Å²) in [6.07, 6.45) is 2.08. The lowest BCUT2D eigenvalue weighted by molar-refractivity contribution is -0.137. The maximum atomic E-state index is 10.4. The molecule has 16 heavy (non-hydrogen) atoms. The van der Waals surface area contributed by atoms with E-state index in [2.05, 4.69) is 0 Å². The average molecular weight is 223 g/mol. The Bertz CT molecular complexity index is 322. The Labute approximate surface area is 95.1 Å². The third-order valence-corrected chi connectivity index (χ3v) is 1.80. The molecule has 1 aromatic carbocycles. The smallest absolute Gasteiger partial charge is 0.303 e. The number of amides is 1. The number of primary amides is 1. The molecule has 0 saturated heterocycles. The van der Waals surface area contributed by atoms with Crippen molar-refractivity contribution in [3.05, 3.63) is 35.9 Å². The van der Waals surface area contributed by atoms with Crippen LogP contribution in [0.15, 0.2) is 30.3 Å². The van der Waals surface area contributed by atoms with E-state index in [1.165, 1.54) is 0 Å². The van der Waals surface area contributed by atoms with Crippen LogP contribution in [0, 0.1) is 0 Å². The van der Waals surface area contributed by atoms with E-state index in [1.54, 1.807) is 24.3 Å². The van der Waals surface area contributed by atoms with Crippen molar-refractivity contribution >= 4 is 11.9 Å². The van der Waals surface area contributed by atoms with Crippen LogP contribution in [0.2, 0.25) is 0 Å². The van der Waals surface area contributed by atoms with E-state index in [0.29, 0.717) is 12.0 Å². The van der Waals surface area contributed by atoms with Gasteiger partial charge in [-0.3, -0.25) is 9.59 Å². The minimum atomic E-state index is -0.693. The Hall–Kier alpha value is -1.84. The van der Waals surface area contributed by atoms with Gasteiger partial charge in [0.15, 0.2) is 0 Å². The van der Waals surface area contributed by atoms with Crippen LogP contribution in [0.4, 0.5) is 0 Å². The molecule has 0 radical (unpaired) electrons. The van der Waals surface area contributed by atoms with Crippen LogP contribution in [0.3, 0.4) is 0 Å². The van der Waals surface area contributed by atoms with Crippen LogP contribution in [0.5, 0.6) is 0 Å². The molecule has 0 bridgehead atoms. The molecule has 0 aliphatic carbocycles. The highest BCUT2D eigenvalue weighted by Crippen LogP contribution is 1.94. The van der Waals surface area contributed by atoms with E-state index in [1.807, 2.05) is 13.0 Å². The number of aliphatic carboxylic acids is 1. The molecule has 0 spiro atoms. The highest BCUT2D eigenvalue weighted by Gasteiger charge is 1.93. The van der Waals surface area contributed by atoms with E-state index >= 15 is 0 Å². The maximum absolute atomic E-state index is 10.4. The summed E-state index contributed by atoms with van der Waals surface area (Å²) in [5.41, 5.74) is 5.53. The highest BCUT2D eigenvalue weighted by atomic mass is 16.4. The number of carbonyl (C=O) groups excluding carboxylic acids is 1. The summed E-state index contributed by atoms with van der Waals surface area (Å²) in [6, 6.07) is 8.76. The van der Waals surface area contributed by atoms with Gasteiger partial charge in [0, 0.05) is 12.0 Å². The maximum Gasteiger partial charge on any atom is 0.303 e. The second-order valence-electron chi connectivity index (χ2n) is 3.23. The summed E-state index contributed by atoms with van der Waals surface area (Å²) in [4.78, 5) is 20.2. The molecule has 0 fully saturated rings. The molecule has 0 aliphatic rings. The number of carboxylic acid groups (broad SMARTS) is 1. The van der Waals surface area contributed by atoms with E-state index < -0.39 is 5.97 Å². The van der Waals surface area contributed by atoms with Crippen LogP contribution in [0.1, 0.15) is 36.5 Å². The average Bonchev–Trinajstić information content (AvgIpc) is 2.28. The van der Waals surface area contributed by atoms with Gasteiger partial charge in [0.05, 0.1) is 0 Å². The van der Waals surface area contributed by atoms with Gasteiger partial charge in [-0.15, -0.1) is 0 Å². The van der Waals surface area contributed by atoms with Crippen LogP contribution in [0.25, 0.3) is 0 Å². The second-order valence-corrected chi connectivity index (χ2v) is 3.23. The van der Waals surface area contributed by atoms with Gasteiger partial charge in [-0.05, 0) is 18.6 Å². The van der Waals surface area contributed by atoms with Crippen molar-refractivity contribution in [3.63, 3.8) is 0 Å². The number of carboxylic acids is 1. The van der Waals surface area contributed by atoms with Gasteiger partial charge < -0.3 is 10.8 Å². The quantitative estimate of drug-likeness (QED) is 0.819. The van der Waals surface area contributed by atoms with E-state index in [9.17, 15) is 9.59 Å². The molecule has 0 saturated carbocycles. The fourth-order valence-electron chi connectivity index (χ4n) is 0.930. The number of benzene rings is 1. The minimum Gasteiger partial charge on any atom is -0.481 e. The topological polar surface area (TPSA) is 80.4 Å². The van der Waals surface area contributed by atoms with Gasteiger partial charge in [0.2, 0.25) is 5.91 Å². The standard InChI is InChI=1S/C7H7NO.C5H10O2/c8-7(9)6-4-2-1-3-5-6;1-2-3-4-5(6)7/h1-5H,(H2,8,9);2-4H2,1H3,(H,6,7). The Balaban J connectivity index is 0.000000293.